The van der Waals surface area contributed by atoms with Gasteiger partial charge in [0.05, 0.1) is 0 Å². The van der Waals surface area contributed by atoms with Crippen molar-refractivity contribution in [1.29, 1.82) is 0 Å². The van der Waals surface area contributed by atoms with Gasteiger partial charge in [-0.15, -0.1) is 0 Å². The maximum Gasteiger partial charge on any atom is 0.177 e. The van der Waals surface area contributed by atoms with E-state index in [2.05, 4.69) is 26.8 Å². The van der Waals surface area contributed by atoms with Crippen molar-refractivity contribution in [3.05, 3.63) is 34.9 Å². The van der Waals surface area contributed by atoms with Gasteiger partial charge in [0, 0.05) is 11.1 Å². The van der Waals surface area contributed by atoms with Crippen LogP contribution in [0.4, 0.5) is 0 Å². The lowest BCUT2D eigenvalue weighted by atomic mass is 9.96. The zero-order valence-corrected chi connectivity index (χ0v) is 19.4. The van der Waals surface area contributed by atoms with Gasteiger partial charge in [0.2, 0.25) is 0 Å². The van der Waals surface area contributed by atoms with Crippen LogP contribution >= 0.6 is 0 Å². The molecule has 4 heteroatoms. The number of phenols is 2. The summed E-state index contributed by atoms with van der Waals surface area (Å²) in [6.07, 6.45) is 11.9. The molecule has 2 N–H and O–H groups in total. The summed E-state index contributed by atoms with van der Waals surface area (Å²) >= 11 is 0. The Morgan fingerprint density at radius 1 is 0.613 bits per heavy atom. The minimum absolute atomic E-state index is 0.0446. The molecule has 0 aliphatic carbocycles. The molecule has 0 spiro atoms. The molecule has 0 unspecified atom stereocenters. The van der Waals surface area contributed by atoms with Gasteiger partial charge in [-0.25, -0.2) is 0 Å². The zero-order valence-electron chi connectivity index (χ0n) is 19.4. The quantitative estimate of drug-likeness (QED) is 0.226. The van der Waals surface area contributed by atoms with Crippen LogP contribution in [0.1, 0.15) is 95.2 Å². The Balaban J connectivity index is 2.02. The molecule has 0 saturated heterocycles. The van der Waals surface area contributed by atoms with Gasteiger partial charge < -0.3 is 19.7 Å². The van der Waals surface area contributed by atoms with Crippen LogP contribution in [0.15, 0.2) is 18.2 Å². The number of ether oxygens (including phenoxy) is 2. The van der Waals surface area contributed by atoms with Crippen LogP contribution in [0.2, 0.25) is 0 Å². The Hall–Kier alpha value is -2.36. The number of hydrogen-bond donors (Lipinski definition) is 2. The highest BCUT2D eigenvalue weighted by molar-refractivity contribution is 5.70. The predicted molar refractivity (Wildman–Crippen MR) is 126 cm³/mol. The van der Waals surface area contributed by atoms with Crippen molar-refractivity contribution in [2.24, 2.45) is 0 Å². The fourth-order valence-electron chi connectivity index (χ4n) is 4.29. The number of rotatable bonds is 12. The van der Waals surface area contributed by atoms with Crippen molar-refractivity contribution >= 4 is 0 Å². The number of para-hydroxylation sites is 1. The summed E-state index contributed by atoms with van der Waals surface area (Å²) in [5.41, 5.74) is 2.45. The molecule has 0 fully saturated rings. The van der Waals surface area contributed by atoms with E-state index in [1.54, 1.807) is 0 Å². The van der Waals surface area contributed by atoms with Crippen molar-refractivity contribution < 1.29 is 19.7 Å². The third kappa shape index (κ3) is 5.28. The highest BCUT2D eigenvalue weighted by Gasteiger charge is 2.31. The lowest BCUT2D eigenvalue weighted by Gasteiger charge is -2.28. The number of phenolic OH excluding ortho intramolecular Hbond substituents is 2. The molecule has 2 aromatic carbocycles. The fraction of sp³-hybridized carbons (Fsp3) is 0.556. The summed E-state index contributed by atoms with van der Waals surface area (Å²) in [6.45, 7) is 6.51. The summed E-state index contributed by atoms with van der Waals surface area (Å²) in [7, 11) is 0. The smallest absolute Gasteiger partial charge is 0.177 e. The minimum Gasteiger partial charge on any atom is -0.504 e. The maximum absolute atomic E-state index is 10.9. The van der Waals surface area contributed by atoms with Gasteiger partial charge in [-0.05, 0) is 50.2 Å². The minimum atomic E-state index is -0.0486. The van der Waals surface area contributed by atoms with Gasteiger partial charge in [-0.2, -0.15) is 0 Å². The second kappa shape index (κ2) is 11.3. The van der Waals surface area contributed by atoms with Gasteiger partial charge in [0.15, 0.2) is 34.5 Å². The SMILES string of the molecule is CCCCCc1cccc2c1Oc1c(CCCCC)c(O)c(O)c(CCCCC)c1O2. The van der Waals surface area contributed by atoms with E-state index in [9.17, 15) is 10.2 Å². The summed E-state index contributed by atoms with van der Waals surface area (Å²) < 4.78 is 12.9. The van der Waals surface area contributed by atoms with Crippen molar-refractivity contribution in [1.82, 2.24) is 0 Å². The summed E-state index contributed by atoms with van der Waals surface area (Å²) in [6, 6.07) is 6.04. The normalized spacial score (nSPS) is 12.1. The van der Waals surface area contributed by atoms with Crippen LogP contribution in [0.3, 0.4) is 0 Å². The first-order valence-electron chi connectivity index (χ1n) is 12.2. The molecule has 0 saturated carbocycles. The molecule has 170 valence electrons. The largest absolute Gasteiger partial charge is 0.504 e. The van der Waals surface area contributed by atoms with Crippen LogP contribution in [0.5, 0.6) is 34.5 Å². The highest BCUT2D eigenvalue weighted by atomic mass is 16.6. The first kappa shape index (κ1) is 23.3. The monoisotopic (exact) mass is 426 g/mol. The molecule has 31 heavy (non-hydrogen) atoms. The van der Waals surface area contributed by atoms with E-state index in [0.717, 1.165) is 62.7 Å². The van der Waals surface area contributed by atoms with Crippen LogP contribution in [0, 0.1) is 0 Å². The number of fused-ring (bicyclic) bond motifs is 2. The average molecular weight is 427 g/mol. The number of aromatic hydroxyl groups is 2. The lowest BCUT2D eigenvalue weighted by Crippen LogP contribution is -2.08. The first-order chi connectivity index (χ1) is 15.1. The van der Waals surface area contributed by atoms with Crippen molar-refractivity contribution in [2.45, 2.75) is 97.8 Å². The van der Waals surface area contributed by atoms with Gasteiger partial charge in [-0.1, -0.05) is 71.4 Å². The third-order valence-corrected chi connectivity index (χ3v) is 6.14. The van der Waals surface area contributed by atoms with Gasteiger partial charge >= 0.3 is 0 Å². The number of hydrogen-bond acceptors (Lipinski definition) is 4. The number of benzene rings is 2. The van der Waals surface area contributed by atoms with E-state index < -0.39 is 0 Å². The Morgan fingerprint density at radius 2 is 1.13 bits per heavy atom. The van der Waals surface area contributed by atoms with E-state index >= 15 is 0 Å². The van der Waals surface area contributed by atoms with Gasteiger partial charge in [-0.3, -0.25) is 0 Å². The molecule has 0 atom stereocenters. The second-order valence-corrected chi connectivity index (χ2v) is 8.63. The Labute approximate surface area is 187 Å². The van der Waals surface area contributed by atoms with Crippen molar-refractivity contribution in [3.8, 4) is 34.5 Å². The topological polar surface area (TPSA) is 58.9 Å². The molecule has 2 aromatic rings. The zero-order chi connectivity index (χ0) is 22.2. The molecular weight excluding hydrogens is 388 g/mol. The Bertz CT molecular complexity index is 872. The Morgan fingerprint density at radius 3 is 1.68 bits per heavy atom. The maximum atomic E-state index is 10.9. The molecule has 1 heterocycles. The van der Waals surface area contributed by atoms with Crippen LogP contribution in [-0.2, 0) is 19.3 Å². The molecule has 4 nitrogen and oxygen atoms in total. The fourth-order valence-corrected chi connectivity index (χ4v) is 4.29. The Kier molecular flexibility index (Phi) is 8.51. The highest BCUT2D eigenvalue weighted by Crippen LogP contribution is 2.56. The van der Waals surface area contributed by atoms with Crippen LogP contribution in [0.25, 0.3) is 0 Å². The van der Waals surface area contributed by atoms with E-state index in [0.29, 0.717) is 41.2 Å². The third-order valence-electron chi connectivity index (χ3n) is 6.14. The molecule has 0 radical (unpaired) electrons. The van der Waals surface area contributed by atoms with Crippen LogP contribution in [-0.4, -0.2) is 10.2 Å². The summed E-state index contributed by atoms with van der Waals surface area (Å²) in [4.78, 5) is 0. The van der Waals surface area contributed by atoms with E-state index in [1.807, 2.05) is 12.1 Å². The van der Waals surface area contributed by atoms with Gasteiger partial charge in [0.1, 0.15) is 0 Å². The average Bonchev–Trinajstić information content (AvgIpc) is 2.78. The van der Waals surface area contributed by atoms with Crippen LogP contribution < -0.4 is 9.47 Å². The molecule has 0 aromatic heterocycles. The van der Waals surface area contributed by atoms with Gasteiger partial charge in [0.25, 0.3) is 0 Å². The molecular formula is C27H38O4. The summed E-state index contributed by atoms with van der Waals surface area (Å²) in [5.74, 6) is 2.53. The van der Waals surface area contributed by atoms with E-state index in [1.165, 1.54) is 12.8 Å². The number of aryl methyl sites for hydroxylation is 1. The lowest BCUT2D eigenvalue weighted by molar-refractivity contribution is 0.331. The molecule has 1 aliphatic heterocycles. The van der Waals surface area contributed by atoms with Crippen molar-refractivity contribution in [3.63, 3.8) is 0 Å². The number of unbranched alkanes of at least 4 members (excludes halogenated alkanes) is 6. The van der Waals surface area contributed by atoms with E-state index in [-0.39, 0.29) is 11.5 Å². The first-order valence-corrected chi connectivity index (χ1v) is 12.2. The van der Waals surface area contributed by atoms with Crippen molar-refractivity contribution in [2.75, 3.05) is 0 Å². The summed E-state index contributed by atoms with van der Waals surface area (Å²) in [5, 5.41) is 21.7. The molecule has 0 amide bonds. The second-order valence-electron chi connectivity index (χ2n) is 8.63. The van der Waals surface area contributed by atoms with E-state index in [4.69, 9.17) is 9.47 Å². The molecule has 3 rings (SSSR count). The molecule has 1 aliphatic rings. The predicted octanol–water partition coefficient (Wildman–Crippen LogP) is 8.19. The molecule has 0 bridgehead atoms. The standard InChI is InChI=1S/C27H38O4/c1-4-7-10-14-19-15-13-18-22-25(19)31-27-21(17-12-9-6-3)24(29)23(28)20(26(27)30-22)16-11-8-5-2/h13,15,18,28-29H,4-12,14,16-17H2,1-3H3.